The van der Waals surface area contributed by atoms with Crippen LogP contribution in [0.2, 0.25) is 0 Å². The van der Waals surface area contributed by atoms with Gasteiger partial charge in [-0.15, -0.1) is 0 Å². The Balaban J connectivity index is 1.40. The van der Waals surface area contributed by atoms with Crippen LogP contribution in [0.15, 0.2) is 54.6 Å². The van der Waals surface area contributed by atoms with Crippen molar-refractivity contribution in [1.29, 1.82) is 0 Å². The number of anilines is 4. The zero-order chi connectivity index (χ0) is 36.2. The lowest BCUT2D eigenvalue weighted by molar-refractivity contribution is 0.0519. The second-order valence-electron chi connectivity index (χ2n) is 11.3. The van der Waals surface area contributed by atoms with Crippen LogP contribution in [0.5, 0.6) is 0 Å². The van der Waals surface area contributed by atoms with Crippen LogP contribution >= 0.6 is 22.6 Å². The van der Waals surface area contributed by atoms with Crippen LogP contribution < -0.4 is 26.6 Å². The lowest BCUT2D eigenvalue weighted by atomic mass is 10.1. The number of unbranched alkanes of at least 4 members (excludes halogenated alkanes) is 4. The molecule has 14 nitrogen and oxygen atoms in total. The van der Waals surface area contributed by atoms with Gasteiger partial charge in [-0.1, -0.05) is 73.4 Å². The molecule has 3 aromatic rings. The van der Waals surface area contributed by atoms with Crippen LogP contribution in [-0.2, 0) is 18.9 Å². The third-order valence-electron chi connectivity index (χ3n) is 7.20. The summed E-state index contributed by atoms with van der Waals surface area (Å²) in [5.74, 6) is 0.943. The maximum atomic E-state index is 12.6. The summed E-state index contributed by atoms with van der Waals surface area (Å²) in [6, 6.07) is 16.2. The maximum Gasteiger partial charge on any atom is 0.251 e. The molecule has 0 aliphatic rings. The van der Waals surface area contributed by atoms with E-state index in [1.807, 2.05) is 18.2 Å². The van der Waals surface area contributed by atoms with E-state index in [9.17, 15) is 9.59 Å². The van der Waals surface area contributed by atoms with Crippen molar-refractivity contribution in [2.24, 2.45) is 0 Å². The molecule has 0 spiro atoms. The number of aromatic nitrogens is 3. The predicted molar refractivity (Wildman–Crippen MR) is 209 cm³/mol. The summed E-state index contributed by atoms with van der Waals surface area (Å²) in [6.07, 6.45) is 5.81. The van der Waals surface area contributed by atoms with E-state index in [0.717, 1.165) is 29.5 Å². The molecule has 2 amide bonds. The van der Waals surface area contributed by atoms with Crippen molar-refractivity contribution < 1.29 is 28.5 Å². The third-order valence-corrected chi connectivity index (χ3v) is 7.64. The minimum Gasteiger partial charge on any atom is -0.378 e. The summed E-state index contributed by atoms with van der Waals surface area (Å²) < 4.78 is 23.1. The highest BCUT2D eigenvalue weighted by Gasteiger charge is 2.09. The Morgan fingerprint density at radius 1 is 0.569 bits per heavy atom. The molecule has 0 aliphatic heterocycles. The molecule has 280 valence electrons. The van der Waals surface area contributed by atoms with Gasteiger partial charge in [0.15, 0.2) is 0 Å². The zero-order valence-electron chi connectivity index (χ0n) is 29.6. The molecule has 0 aliphatic carbocycles. The molecule has 0 radical (unpaired) electrons. The standard InChI is InChI=1S/C36H53IN8O6/c1-2-3-4-5-9-17-40-34-43-35(41-20-24-51-28-27-50-22-18-38-32(46)29-10-7-6-8-11-29)45-36(44-34)42-31-14-12-30(13-15-31)33(47)39-19-23-49-26-25-48-21-16-37/h6-8,10-15H,2-5,9,16-28H2,1H3,(H,38,46)(H,39,47)(H3,40,41,42,43,44,45). The van der Waals surface area contributed by atoms with Crippen LogP contribution in [0, 0.1) is 0 Å². The van der Waals surface area contributed by atoms with Gasteiger partial charge in [0.25, 0.3) is 11.8 Å². The Morgan fingerprint density at radius 2 is 1.08 bits per heavy atom. The Kier molecular flexibility index (Phi) is 22.2. The topological polar surface area (TPSA) is 170 Å². The van der Waals surface area contributed by atoms with Crippen LogP contribution in [0.25, 0.3) is 0 Å². The van der Waals surface area contributed by atoms with Crippen molar-refractivity contribution in [3.8, 4) is 0 Å². The summed E-state index contributed by atoms with van der Waals surface area (Å²) in [4.78, 5) is 38.3. The fourth-order valence-corrected chi connectivity index (χ4v) is 4.86. The summed E-state index contributed by atoms with van der Waals surface area (Å²) in [6.45, 7) is 8.10. The molecule has 2 aromatic carbocycles. The third kappa shape index (κ3) is 19.0. The Hall–Kier alpha value is -3.64. The number of nitrogens with zero attached hydrogens (tertiary/aromatic N) is 3. The smallest absolute Gasteiger partial charge is 0.251 e. The molecule has 3 rings (SSSR count). The first-order valence-electron chi connectivity index (χ1n) is 17.7. The number of carbonyl (C=O) groups excluding carboxylic acids is 2. The van der Waals surface area contributed by atoms with E-state index in [0.29, 0.717) is 101 Å². The van der Waals surface area contributed by atoms with Crippen molar-refractivity contribution in [3.05, 3.63) is 65.7 Å². The number of ether oxygens (including phenoxy) is 4. The van der Waals surface area contributed by atoms with E-state index in [4.69, 9.17) is 18.9 Å². The number of hydrogen-bond acceptors (Lipinski definition) is 12. The summed E-state index contributed by atoms with van der Waals surface area (Å²) in [5.41, 5.74) is 1.89. The van der Waals surface area contributed by atoms with Crippen molar-refractivity contribution in [2.45, 2.75) is 39.0 Å². The second kappa shape index (κ2) is 27.1. The Bertz CT molecular complexity index is 1370. The van der Waals surface area contributed by atoms with Gasteiger partial charge in [0.2, 0.25) is 17.8 Å². The first kappa shape index (κ1) is 41.8. The SMILES string of the molecule is CCCCCCCNc1nc(NCCOCCOCCNC(=O)c2ccccc2)nc(Nc2ccc(C(=O)NCCOCCOCCI)cc2)n1. The van der Waals surface area contributed by atoms with Gasteiger partial charge in [0.05, 0.1) is 52.9 Å². The molecular weight excluding hydrogens is 767 g/mol. The average Bonchev–Trinajstić information content (AvgIpc) is 3.15. The summed E-state index contributed by atoms with van der Waals surface area (Å²) in [7, 11) is 0. The van der Waals surface area contributed by atoms with Gasteiger partial charge in [-0.05, 0) is 42.8 Å². The quantitative estimate of drug-likeness (QED) is 0.0359. The minimum atomic E-state index is -0.176. The normalized spacial score (nSPS) is 10.9. The summed E-state index contributed by atoms with van der Waals surface area (Å²) >= 11 is 2.26. The van der Waals surface area contributed by atoms with E-state index in [-0.39, 0.29) is 11.8 Å². The molecule has 1 aromatic heterocycles. The molecule has 0 saturated carbocycles. The van der Waals surface area contributed by atoms with E-state index in [2.05, 4.69) is 71.1 Å². The lowest BCUT2D eigenvalue weighted by Crippen LogP contribution is -2.27. The molecule has 51 heavy (non-hydrogen) atoms. The highest BCUT2D eigenvalue weighted by molar-refractivity contribution is 14.1. The Labute approximate surface area is 315 Å². The van der Waals surface area contributed by atoms with Crippen LogP contribution in [0.1, 0.15) is 59.7 Å². The van der Waals surface area contributed by atoms with Gasteiger partial charge >= 0.3 is 0 Å². The number of benzene rings is 2. The Morgan fingerprint density at radius 3 is 1.67 bits per heavy atom. The fourth-order valence-electron chi connectivity index (χ4n) is 4.55. The highest BCUT2D eigenvalue weighted by atomic mass is 127. The van der Waals surface area contributed by atoms with Gasteiger partial charge in [-0.25, -0.2) is 0 Å². The second-order valence-corrected chi connectivity index (χ2v) is 12.4. The number of rotatable bonds is 29. The van der Waals surface area contributed by atoms with Crippen molar-refractivity contribution in [3.63, 3.8) is 0 Å². The van der Waals surface area contributed by atoms with Gasteiger partial charge in [0.1, 0.15) is 0 Å². The number of carbonyl (C=O) groups is 2. The zero-order valence-corrected chi connectivity index (χ0v) is 31.8. The van der Waals surface area contributed by atoms with Gasteiger partial charge in [0, 0.05) is 47.4 Å². The lowest BCUT2D eigenvalue weighted by Gasteiger charge is -2.12. The number of nitrogens with one attached hydrogen (secondary N) is 5. The van der Waals surface area contributed by atoms with E-state index < -0.39 is 0 Å². The largest absolute Gasteiger partial charge is 0.378 e. The first-order chi connectivity index (χ1) is 25.1. The minimum absolute atomic E-state index is 0.122. The number of alkyl halides is 1. The van der Waals surface area contributed by atoms with E-state index in [1.165, 1.54) is 19.3 Å². The molecule has 0 bridgehead atoms. The maximum absolute atomic E-state index is 12.6. The highest BCUT2D eigenvalue weighted by Crippen LogP contribution is 2.17. The molecule has 1 heterocycles. The predicted octanol–water partition coefficient (Wildman–Crippen LogP) is 5.07. The van der Waals surface area contributed by atoms with Crippen LogP contribution in [0.3, 0.4) is 0 Å². The first-order valence-corrected chi connectivity index (χ1v) is 19.2. The van der Waals surface area contributed by atoms with E-state index >= 15 is 0 Å². The van der Waals surface area contributed by atoms with Crippen LogP contribution in [-0.4, -0.2) is 110 Å². The molecule has 0 atom stereocenters. The average molecular weight is 821 g/mol. The van der Waals surface area contributed by atoms with Crippen LogP contribution in [0.4, 0.5) is 23.5 Å². The number of halogens is 1. The number of hydrogen-bond donors (Lipinski definition) is 5. The number of amides is 2. The molecule has 0 fully saturated rings. The molecule has 5 N–H and O–H groups in total. The van der Waals surface area contributed by atoms with Gasteiger partial charge < -0.3 is 45.5 Å². The summed E-state index contributed by atoms with van der Waals surface area (Å²) in [5, 5.41) is 15.4. The monoisotopic (exact) mass is 820 g/mol. The van der Waals surface area contributed by atoms with Gasteiger partial charge in [-0.2, -0.15) is 15.0 Å². The molecule has 15 heteroatoms. The van der Waals surface area contributed by atoms with Gasteiger partial charge in [-0.3, -0.25) is 9.59 Å². The molecule has 0 saturated heterocycles. The van der Waals surface area contributed by atoms with E-state index in [1.54, 1.807) is 36.4 Å². The van der Waals surface area contributed by atoms with Crippen molar-refractivity contribution in [2.75, 3.05) is 99.4 Å². The molecule has 0 unspecified atom stereocenters. The van der Waals surface area contributed by atoms with Crippen molar-refractivity contribution in [1.82, 2.24) is 25.6 Å². The fraction of sp³-hybridized carbons (Fsp3) is 0.528. The van der Waals surface area contributed by atoms with Crippen molar-refractivity contribution >= 4 is 57.9 Å². The molecular formula is C36H53IN8O6.